The second-order valence-corrected chi connectivity index (χ2v) is 3.80. The van der Waals surface area contributed by atoms with Crippen molar-refractivity contribution in [3.05, 3.63) is 42.0 Å². The first-order valence-corrected chi connectivity index (χ1v) is 5.72. The Morgan fingerprint density at radius 3 is 2.53 bits per heavy atom. The van der Waals surface area contributed by atoms with Crippen LogP contribution in [0.2, 0.25) is 0 Å². The molecule has 0 radical (unpaired) electrons. The van der Waals surface area contributed by atoms with Gasteiger partial charge >= 0.3 is 0 Å². The number of aromatic amines is 1. The van der Waals surface area contributed by atoms with Crippen LogP contribution in [0.15, 0.2) is 30.7 Å². The summed E-state index contributed by atoms with van der Waals surface area (Å²) in [5, 5.41) is 2.78. The summed E-state index contributed by atoms with van der Waals surface area (Å²) in [5.41, 5.74) is 1.20. The monoisotopic (exact) mass is 261 g/mol. The van der Waals surface area contributed by atoms with Gasteiger partial charge in [-0.2, -0.15) is 0 Å². The topological polar surface area (TPSA) is 76.2 Å². The molecule has 6 nitrogen and oxygen atoms in total. The normalized spacial score (nSPS) is 10.0. The lowest BCUT2D eigenvalue weighted by molar-refractivity contribution is 0.0944. The molecule has 2 aromatic rings. The number of carbonyl (C=O) groups is 1. The molecule has 2 N–H and O–H groups in total. The van der Waals surface area contributed by atoms with Crippen molar-refractivity contribution < 1.29 is 14.3 Å². The van der Waals surface area contributed by atoms with E-state index in [0.29, 0.717) is 23.6 Å². The van der Waals surface area contributed by atoms with E-state index in [0.717, 1.165) is 5.69 Å². The Balaban J connectivity index is 2.18. The smallest absolute Gasteiger partial charge is 0.259 e. The number of rotatable bonds is 5. The van der Waals surface area contributed by atoms with Crippen LogP contribution in [0.25, 0.3) is 0 Å². The molecular formula is C13H15N3O3. The highest BCUT2D eigenvalue weighted by molar-refractivity contribution is 5.99. The van der Waals surface area contributed by atoms with Gasteiger partial charge in [0.15, 0.2) is 0 Å². The molecule has 1 heterocycles. The highest BCUT2D eigenvalue weighted by Crippen LogP contribution is 2.27. The molecule has 0 aliphatic heterocycles. The van der Waals surface area contributed by atoms with E-state index in [1.165, 1.54) is 14.2 Å². The van der Waals surface area contributed by atoms with Gasteiger partial charge in [-0.25, -0.2) is 4.98 Å². The Hall–Kier alpha value is -2.50. The molecule has 1 amide bonds. The Kier molecular flexibility index (Phi) is 4.02. The molecule has 0 saturated carbocycles. The maximum absolute atomic E-state index is 12.2. The molecule has 100 valence electrons. The van der Waals surface area contributed by atoms with Crippen molar-refractivity contribution in [2.45, 2.75) is 6.54 Å². The van der Waals surface area contributed by atoms with E-state index >= 15 is 0 Å². The molecule has 19 heavy (non-hydrogen) atoms. The van der Waals surface area contributed by atoms with E-state index in [2.05, 4.69) is 15.3 Å². The number of hydrogen-bond donors (Lipinski definition) is 2. The van der Waals surface area contributed by atoms with Crippen LogP contribution in [-0.2, 0) is 6.54 Å². The van der Waals surface area contributed by atoms with Crippen LogP contribution in [0.4, 0.5) is 0 Å². The number of H-pyrrole nitrogens is 1. The molecule has 0 saturated heterocycles. The van der Waals surface area contributed by atoms with Crippen molar-refractivity contribution in [3.63, 3.8) is 0 Å². The third kappa shape index (κ3) is 2.85. The lowest BCUT2D eigenvalue weighted by Gasteiger charge is -2.12. The molecular weight excluding hydrogens is 246 g/mol. The van der Waals surface area contributed by atoms with Crippen molar-refractivity contribution >= 4 is 5.91 Å². The van der Waals surface area contributed by atoms with Gasteiger partial charge in [-0.1, -0.05) is 6.07 Å². The predicted octanol–water partition coefficient (Wildman–Crippen LogP) is 1.36. The first kappa shape index (κ1) is 12.9. The molecule has 0 fully saturated rings. The molecule has 0 bridgehead atoms. The number of methoxy groups -OCH3 is 2. The van der Waals surface area contributed by atoms with E-state index in [-0.39, 0.29) is 5.91 Å². The SMILES string of the molecule is COc1cccc(OC)c1C(=O)NCc1cnc[nH]1. The van der Waals surface area contributed by atoms with Gasteiger partial charge in [0, 0.05) is 6.20 Å². The molecule has 1 aromatic carbocycles. The average Bonchev–Trinajstić information content (AvgIpc) is 2.97. The summed E-state index contributed by atoms with van der Waals surface area (Å²) >= 11 is 0. The maximum Gasteiger partial charge on any atom is 0.259 e. The van der Waals surface area contributed by atoms with Crippen LogP contribution >= 0.6 is 0 Å². The summed E-state index contributed by atoms with van der Waals surface area (Å²) in [7, 11) is 3.03. The number of amides is 1. The van der Waals surface area contributed by atoms with Crippen molar-refractivity contribution in [1.82, 2.24) is 15.3 Å². The van der Waals surface area contributed by atoms with Gasteiger partial charge in [-0.05, 0) is 12.1 Å². The zero-order chi connectivity index (χ0) is 13.7. The summed E-state index contributed by atoms with van der Waals surface area (Å²) < 4.78 is 10.4. The van der Waals surface area contributed by atoms with Gasteiger partial charge in [-0.15, -0.1) is 0 Å². The van der Waals surface area contributed by atoms with Crippen LogP contribution in [0.1, 0.15) is 16.1 Å². The van der Waals surface area contributed by atoms with E-state index in [1.807, 2.05) is 0 Å². The fourth-order valence-electron chi connectivity index (χ4n) is 1.72. The fraction of sp³-hybridized carbons (Fsp3) is 0.231. The summed E-state index contributed by atoms with van der Waals surface area (Å²) in [6.45, 7) is 0.361. The number of aromatic nitrogens is 2. The lowest BCUT2D eigenvalue weighted by atomic mass is 10.1. The number of imidazole rings is 1. The highest BCUT2D eigenvalue weighted by atomic mass is 16.5. The first-order chi connectivity index (χ1) is 9.26. The number of nitrogens with one attached hydrogen (secondary N) is 2. The summed E-state index contributed by atoms with van der Waals surface area (Å²) in [4.78, 5) is 19.0. The lowest BCUT2D eigenvalue weighted by Crippen LogP contribution is -2.24. The molecule has 0 aliphatic carbocycles. The number of nitrogens with zero attached hydrogens (tertiary/aromatic N) is 1. The van der Waals surface area contributed by atoms with E-state index in [9.17, 15) is 4.79 Å². The molecule has 1 aromatic heterocycles. The van der Waals surface area contributed by atoms with Crippen LogP contribution in [0.5, 0.6) is 11.5 Å². The van der Waals surface area contributed by atoms with Crippen LogP contribution < -0.4 is 14.8 Å². The van der Waals surface area contributed by atoms with Crippen LogP contribution in [-0.4, -0.2) is 30.1 Å². The molecule has 0 spiro atoms. The summed E-state index contributed by atoms with van der Waals surface area (Å²) in [6, 6.07) is 5.20. The van der Waals surface area contributed by atoms with E-state index < -0.39 is 0 Å². The standard InChI is InChI=1S/C13H15N3O3/c1-18-10-4-3-5-11(19-2)12(10)13(17)15-7-9-6-14-8-16-9/h3-6,8H,7H2,1-2H3,(H,14,16)(H,15,17). The molecule has 0 unspecified atom stereocenters. The van der Waals surface area contributed by atoms with Crippen LogP contribution in [0, 0.1) is 0 Å². The minimum Gasteiger partial charge on any atom is -0.496 e. The zero-order valence-electron chi connectivity index (χ0n) is 10.8. The minimum atomic E-state index is -0.260. The predicted molar refractivity (Wildman–Crippen MR) is 69.3 cm³/mol. The Morgan fingerprint density at radius 2 is 2.00 bits per heavy atom. The number of carbonyl (C=O) groups excluding carboxylic acids is 1. The summed E-state index contributed by atoms with van der Waals surface area (Å²) in [6.07, 6.45) is 3.21. The van der Waals surface area contributed by atoms with Gasteiger partial charge in [0.1, 0.15) is 17.1 Å². The van der Waals surface area contributed by atoms with Crippen molar-refractivity contribution in [3.8, 4) is 11.5 Å². The van der Waals surface area contributed by atoms with Gasteiger partial charge in [0.05, 0.1) is 32.8 Å². The largest absolute Gasteiger partial charge is 0.496 e. The van der Waals surface area contributed by atoms with Gasteiger partial charge in [-0.3, -0.25) is 4.79 Å². The maximum atomic E-state index is 12.2. The first-order valence-electron chi connectivity index (χ1n) is 5.72. The number of ether oxygens (including phenoxy) is 2. The number of hydrogen-bond acceptors (Lipinski definition) is 4. The molecule has 6 heteroatoms. The second-order valence-electron chi connectivity index (χ2n) is 3.80. The highest BCUT2D eigenvalue weighted by Gasteiger charge is 2.17. The van der Waals surface area contributed by atoms with E-state index in [4.69, 9.17) is 9.47 Å². The Labute approximate surface area is 110 Å². The van der Waals surface area contributed by atoms with E-state index in [1.54, 1.807) is 30.7 Å². The van der Waals surface area contributed by atoms with Gasteiger partial charge in [0.25, 0.3) is 5.91 Å². The second kappa shape index (κ2) is 5.90. The number of benzene rings is 1. The fourth-order valence-corrected chi connectivity index (χ4v) is 1.72. The van der Waals surface area contributed by atoms with Crippen molar-refractivity contribution in [1.29, 1.82) is 0 Å². The third-order valence-corrected chi connectivity index (χ3v) is 2.65. The molecule has 0 atom stereocenters. The van der Waals surface area contributed by atoms with Crippen molar-refractivity contribution in [2.75, 3.05) is 14.2 Å². The quantitative estimate of drug-likeness (QED) is 0.852. The van der Waals surface area contributed by atoms with Crippen LogP contribution in [0.3, 0.4) is 0 Å². The third-order valence-electron chi connectivity index (χ3n) is 2.65. The van der Waals surface area contributed by atoms with Gasteiger partial charge in [0.2, 0.25) is 0 Å². The van der Waals surface area contributed by atoms with Crippen molar-refractivity contribution in [2.24, 2.45) is 0 Å². The Morgan fingerprint density at radius 1 is 1.32 bits per heavy atom. The molecule has 2 rings (SSSR count). The van der Waals surface area contributed by atoms with Gasteiger partial charge < -0.3 is 19.8 Å². The minimum absolute atomic E-state index is 0.260. The zero-order valence-corrected chi connectivity index (χ0v) is 10.8. The summed E-state index contributed by atoms with van der Waals surface area (Å²) in [5.74, 6) is 0.687. The Bertz CT molecular complexity index is 530. The molecule has 0 aliphatic rings. The average molecular weight is 261 g/mol.